The molecule has 2 aromatic heterocycles. The standard InChI is InChI=1S/C17H20N4O2S/c1-11-7-14(11)17(23)20-9-12-4-5-19-21(12)15(10-20)16(22)18-8-13-3-2-6-24-13/h2-6,11,14-15H,7-10H2,1H3,(H,18,22)/t11-,14+,15-/m1/s1. The van der Waals surface area contributed by atoms with E-state index < -0.39 is 6.04 Å². The van der Waals surface area contributed by atoms with Crippen molar-refractivity contribution in [1.29, 1.82) is 0 Å². The van der Waals surface area contributed by atoms with Gasteiger partial charge in [0.15, 0.2) is 0 Å². The molecule has 0 bridgehead atoms. The quantitative estimate of drug-likeness (QED) is 0.920. The molecule has 3 atom stereocenters. The van der Waals surface area contributed by atoms with Crippen LogP contribution in [-0.2, 0) is 22.7 Å². The molecule has 0 radical (unpaired) electrons. The molecule has 3 heterocycles. The fourth-order valence-electron chi connectivity index (χ4n) is 3.26. The van der Waals surface area contributed by atoms with Gasteiger partial charge in [0.05, 0.1) is 25.3 Å². The monoisotopic (exact) mass is 344 g/mol. The molecule has 4 rings (SSSR count). The minimum atomic E-state index is -0.457. The molecule has 0 saturated heterocycles. The number of carbonyl (C=O) groups excluding carboxylic acids is 2. The van der Waals surface area contributed by atoms with Crippen molar-refractivity contribution < 1.29 is 9.59 Å². The van der Waals surface area contributed by atoms with E-state index in [1.54, 1.807) is 22.2 Å². The van der Waals surface area contributed by atoms with E-state index in [0.717, 1.165) is 17.0 Å². The first-order valence-electron chi connectivity index (χ1n) is 8.24. The van der Waals surface area contributed by atoms with Crippen LogP contribution >= 0.6 is 11.3 Å². The number of thiophene rings is 1. The Balaban J connectivity index is 1.48. The van der Waals surface area contributed by atoms with Crippen LogP contribution in [0.4, 0.5) is 0 Å². The summed E-state index contributed by atoms with van der Waals surface area (Å²) < 4.78 is 1.75. The van der Waals surface area contributed by atoms with Gasteiger partial charge in [-0.25, -0.2) is 0 Å². The highest BCUT2D eigenvalue weighted by Gasteiger charge is 2.44. The van der Waals surface area contributed by atoms with E-state index in [0.29, 0.717) is 25.6 Å². The van der Waals surface area contributed by atoms with Crippen LogP contribution in [0.3, 0.4) is 0 Å². The SMILES string of the molecule is C[C@@H]1C[C@@H]1C(=O)N1Cc2ccnn2[C@@H](C(=O)NCc2cccs2)C1. The third kappa shape index (κ3) is 2.84. The average molecular weight is 344 g/mol. The van der Waals surface area contributed by atoms with E-state index in [1.807, 2.05) is 28.5 Å². The summed E-state index contributed by atoms with van der Waals surface area (Å²) in [6.07, 6.45) is 2.66. The Morgan fingerprint density at radius 3 is 2.96 bits per heavy atom. The predicted molar refractivity (Wildman–Crippen MR) is 90.1 cm³/mol. The number of carbonyl (C=O) groups is 2. The van der Waals surface area contributed by atoms with E-state index in [4.69, 9.17) is 0 Å². The van der Waals surface area contributed by atoms with Crippen molar-refractivity contribution in [2.45, 2.75) is 32.5 Å². The van der Waals surface area contributed by atoms with Gasteiger partial charge < -0.3 is 10.2 Å². The Morgan fingerprint density at radius 1 is 1.42 bits per heavy atom. The number of rotatable bonds is 4. The Morgan fingerprint density at radius 2 is 2.25 bits per heavy atom. The molecule has 0 aromatic carbocycles. The molecule has 1 saturated carbocycles. The van der Waals surface area contributed by atoms with E-state index in [-0.39, 0.29) is 17.7 Å². The average Bonchev–Trinajstić information content (AvgIpc) is 3.01. The van der Waals surface area contributed by atoms with Crippen LogP contribution in [0.25, 0.3) is 0 Å². The van der Waals surface area contributed by atoms with Gasteiger partial charge in [0.1, 0.15) is 6.04 Å². The molecule has 24 heavy (non-hydrogen) atoms. The Hall–Kier alpha value is -2.15. The molecular formula is C17H20N4O2S. The highest BCUT2D eigenvalue weighted by Crippen LogP contribution is 2.40. The van der Waals surface area contributed by atoms with Crippen LogP contribution in [0, 0.1) is 11.8 Å². The summed E-state index contributed by atoms with van der Waals surface area (Å²) in [6, 6.07) is 5.39. The third-order valence-corrected chi connectivity index (χ3v) is 5.73. The fraction of sp³-hybridized carbons (Fsp3) is 0.471. The molecule has 1 aliphatic heterocycles. The Labute approximate surface area is 144 Å². The number of hydrogen-bond donors (Lipinski definition) is 1. The normalized spacial score (nSPS) is 25.2. The number of fused-ring (bicyclic) bond motifs is 1. The van der Waals surface area contributed by atoms with Crippen LogP contribution in [0.1, 0.15) is 30.0 Å². The van der Waals surface area contributed by atoms with Gasteiger partial charge in [0.25, 0.3) is 0 Å². The Bertz CT molecular complexity index is 754. The predicted octanol–water partition coefficient (Wildman–Crippen LogP) is 1.80. The van der Waals surface area contributed by atoms with Gasteiger partial charge in [-0.15, -0.1) is 11.3 Å². The van der Waals surface area contributed by atoms with Crippen LogP contribution in [-0.4, -0.2) is 33.0 Å². The first-order valence-corrected chi connectivity index (χ1v) is 9.12. The molecule has 2 aromatic rings. The number of nitrogens with one attached hydrogen (secondary N) is 1. The largest absolute Gasteiger partial charge is 0.349 e. The second-order valence-electron chi connectivity index (χ2n) is 6.62. The summed E-state index contributed by atoms with van der Waals surface area (Å²) in [5, 5.41) is 9.26. The summed E-state index contributed by atoms with van der Waals surface area (Å²) in [5.41, 5.74) is 0.916. The molecule has 126 valence electrons. The molecule has 1 N–H and O–H groups in total. The van der Waals surface area contributed by atoms with Crippen molar-refractivity contribution in [1.82, 2.24) is 20.0 Å². The van der Waals surface area contributed by atoms with Crippen molar-refractivity contribution >= 4 is 23.2 Å². The number of nitrogens with zero attached hydrogens (tertiary/aromatic N) is 3. The smallest absolute Gasteiger partial charge is 0.247 e. The zero-order chi connectivity index (χ0) is 16.7. The van der Waals surface area contributed by atoms with E-state index in [1.165, 1.54) is 0 Å². The van der Waals surface area contributed by atoms with Crippen molar-refractivity contribution in [3.8, 4) is 0 Å². The van der Waals surface area contributed by atoms with Crippen LogP contribution < -0.4 is 5.32 Å². The van der Waals surface area contributed by atoms with Gasteiger partial charge in [-0.3, -0.25) is 14.3 Å². The number of amides is 2. The molecule has 0 spiro atoms. The number of hydrogen-bond acceptors (Lipinski definition) is 4. The van der Waals surface area contributed by atoms with Crippen LogP contribution in [0.15, 0.2) is 29.8 Å². The van der Waals surface area contributed by atoms with Crippen molar-refractivity contribution in [3.63, 3.8) is 0 Å². The minimum absolute atomic E-state index is 0.0882. The van der Waals surface area contributed by atoms with E-state index >= 15 is 0 Å². The fourth-order valence-corrected chi connectivity index (χ4v) is 3.91. The van der Waals surface area contributed by atoms with Crippen LogP contribution in [0.5, 0.6) is 0 Å². The molecule has 2 aliphatic rings. The van der Waals surface area contributed by atoms with Crippen molar-refractivity contribution in [3.05, 3.63) is 40.3 Å². The van der Waals surface area contributed by atoms with Crippen molar-refractivity contribution in [2.75, 3.05) is 6.54 Å². The van der Waals surface area contributed by atoms with Gasteiger partial charge in [-0.2, -0.15) is 5.10 Å². The van der Waals surface area contributed by atoms with Gasteiger partial charge in [0, 0.05) is 17.0 Å². The third-order valence-electron chi connectivity index (χ3n) is 4.85. The topological polar surface area (TPSA) is 67.2 Å². The van der Waals surface area contributed by atoms with Gasteiger partial charge in [-0.05, 0) is 29.9 Å². The van der Waals surface area contributed by atoms with Gasteiger partial charge in [-0.1, -0.05) is 13.0 Å². The lowest BCUT2D eigenvalue weighted by Crippen LogP contribution is -2.47. The zero-order valence-corrected chi connectivity index (χ0v) is 14.3. The second-order valence-corrected chi connectivity index (χ2v) is 7.65. The van der Waals surface area contributed by atoms with E-state index in [9.17, 15) is 9.59 Å². The zero-order valence-electron chi connectivity index (χ0n) is 13.5. The summed E-state index contributed by atoms with van der Waals surface area (Å²) in [7, 11) is 0. The first kappa shape index (κ1) is 15.4. The molecule has 7 heteroatoms. The molecule has 0 unspecified atom stereocenters. The highest BCUT2D eigenvalue weighted by molar-refractivity contribution is 7.09. The maximum Gasteiger partial charge on any atom is 0.247 e. The maximum absolute atomic E-state index is 12.7. The van der Waals surface area contributed by atoms with E-state index in [2.05, 4.69) is 17.3 Å². The lowest BCUT2D eigenvalue weighted by Gasteiger charge is -2.33. The van der Waals surface area contributed by atoms with Crippen molar-refractivity contribution in [2.24, 2.45) is 11.8 Å². The van der Waals surface area contributed by atoms with Gasteiger partial charge in [0.2, 0.25) is 11.8 Å². The summed E-state index contributed by atoms with van der Waals surface area (Å²) in [6.45, 7) is 3.54. The van der Waals surface area contributed by atoms with Crippen LogP contribution in [0.2, 0.25) is 0 Å². The lowest BCUT2D eigenvalue weighted by atomic mass is 10.1. The first-order chi connectivity index (χ1) is 11.6. The van der Waals surface area contributed by atoms with Gasteiger partial charge >= 0.3 is 0 Å². The molecule has 1 fully saturated rings. The maximum atomic E-state index is 12.7. The summed E-state index contributed by atoms with van der Waals surface area (Å²) >= 11 is 1.61. The molecular weight excluding hydrogens is 324 g/mol. The summed E-state index contributed by atoms with van der Waals surface area (Å²) in [5.74, 6) is 0.686. The summed E-state index contributed by atoms with van der Waals surface area (Å²) in [4.78, 5) is 28.2. The molecule has 6 nitrogen and oxygen atoms in total. The number of aromatic nitrogens is 2. The molecule has 2 amide bonds. The second kappa shape index (κ2) is 6.05. The highest BCUT2D eigenvalue weighted by atomic mass is 32.1. The molecule has 1 aliphatic carbocycles. The minimum Gasteiger partial charge on any atom is -0.349 e. The lowest BCUT2D eigenvalue weighted by molar-refractivity contribution is -0.137. The Kier molecular flexibility index (Phi) is 3.88.